The van der Waals surface area contributed by atoms with Crippen molar-refractivity contribution in [3.05, 3.63) is 35.9 Å². The third-order valence-corrected chi connectivity index (χ3v) is 4.24. The predicted molar refractivity (Wildman–Crippen MR) is 97.3 cm³/mol. The van der Waals surface area contributed by atoms with Crippen LogP contribution in [0.4, 0.5) is 0 Å². The number of amides is 3. The van der Waals surface area contributed by atoms with Gasteiger partial charge in [0.2, 0.25) is 5.91 Å². The van der Waals surface area contributed by atoms with Crippen LogP contribution in [0.3, 0.4) is 0 Å². The quantitative estimate of drug-likeness (QED) is 0.490. The fraction of sp³-hybridized carbons (Fsp3) is 0.474. The number of carbonyl (C=O) groups excluding carboxylic acids is 4. The second-order valence-corrected chi connectivity index (χ2v) is 6.43. The zero-order chi connectivity index (χ0) is 19.5. The summed E-state index contributed by atoms with van der Waals surface area (Å²) in [7, 11) is 0. The predicted octanol–water partition coefficient (Wildman–Crippen LogP) is 1.22. The lowest BCUT2D eigenvalue weighted by molar-refractivity contribution is -0.149. The summed E-state index contributed by atoms with van der Waals surface area (Å²) in [6, 6.07) is 8.55. The summed E-state index contributed by atoms with van der Waals surface area (Å²) in [6.07, 6.45) is 5.32. The molecule has 0 atom stereocenters. The lowest BCUT2D eigenvalue weighted by Crippen LogP contribution is -2.43. The molecule has 0 aliphatic heterocycles. The van der Waals surface area contributed by atoms with Crippen molar-refractivity contribution in [2.45, 2.75) is 51.0 Å². The minimum Gasteiger partial charge on any atom is -0.455 e. The standard InChI is InChI=1S/C19H25N3O5/c23-16(20-15-9-5-2-6-10-15)11-12-18(25)27-13-17(24)21-22-19(26)14-7-3-1-4-8-14/h1,3-4,7-8,15H,2,5-6,9-13H2,(H,20,23)(H,21,24)(H,22,26). The van der Waals surface area contributed by atoms with Crippen LogP contribution >= 0.6 is 0 Å². The largest absolute Gasteiger partial charge is 0.455 e. The van der Waals surface area contributed by atoms with E-state index in [0.717, 1.165) is 25.7 Å². The molecule has 3 amide bonds. The number of nitrogens with one attached hydrogen (secondary N) is 3. The molecule has 0 unspecified atom stereocenters. The van der Waals surface area contributed by atoms with Crippen molar-refractivity contribution in [1.82, 2.24) is 16.2 Å². The molecule has 27 heavy (non-hydrogen) atoms. The molecule has 1 fully saturated rings. The number of carbonyl (C=O) groups is 4. The van der Waals surface area contributed by atoms with E-state index in [1.807, 2.05) is 0 Å². The molecule has 0 heterocycles. The second kappa shape index (κ2) is 10.9. The number of hydrazine groups is 1. The van der Waals surface area contributed by atoms with Crippen molar-refractivity contribution in [3.8, 4) is 0 Å². The lowest BCUT2D eigenvalue weighted by atomic mass is 9.95. The van der Waals surface area contributed by atoms with Gasteiger partial charge in [-0.25, -0.2) is 0 Å². The molecule has 2 rings (SSSR count). The molecular weight excluding hydrogens is 350 g/mol. The van der Waals surface area contributed by atoms with E-state index < -0.39 is 24.4 Å². The SMILES string of the molecule is O=C(COC(=O)CCC(=O)NC1CCCCC1)NNC(=O)c1ccccc1. The smallest absolute Gasteiger partial charge is 0.306 e. The van der Waals surface area contributed by atoms with Crippen LogP contribution in [-0.2, 0) is 19.1 Å². The molecule has 0 saturated heterocycles. The molecule has 1 aromatic rings. The number of benzene rings is 1. The Morgan fingerprint density at radius 2 is 1.59 bits per heavy atom. The van der Waals surface area contributed by atoms with E-state index in [-0.39, 0.29) is 24.8 Å². The van der Waals surface area contributed by atoms with Gasteiger partial charge in [-0.05, 0) is 25.0 Å². The highest BCUT2D eigenvalue weighted by molar-refractivity contribution is 5.95. The van der Waals surface area contributed by atoms with Gasteiger partial charge in [-0.2, -0.15) is 0 Å². The summed E-state index contributed by atoms with van der Waals surface area (Å²) in [6.45, 7) is -0.530. The Bertz CT molecular complexity index is 657. The highest BCUT2D eigenvalue weighted by atomic mass is 16.5. The molecule has 146 valence electrons. The maximum absolute atomic E-state index is 11.8. The highest BCUT2D eigenvalue weighted by Gasteiger charge is 2.17. The van der Waals surface area contributed by atoms with E-state index in [0.29, 0.717) is 5.56 Å². The Labute approximate surface area is 158 Å². The van der Waals surface area contributed by atoms with E-state index in [4.69, 9.17) is 4.74 Å². The topological polar surface area (TPSA) is 114 Å². The van der Waals surface area contributed by atoms with Crippen LogP contribution in [0.25, 0.3) is 0 Å². The van der Waals surface area contributed by atoms with E-state index >= 15 is 0 Å². The van der Waals surface area contributed by atoms with Gasteiger partial charge < -0.3 is 10.1 Å². The van der Waals surface area contributed by atoms with Gasteiger partial charge in [0.05, 0.1) is 6.42 Å². The average Bonchev–Trinajstić information content (AvgIpc) is 2.70. The van der Waals surface area contributed by atoms with Crippen molar-refractivity contribution < 1.29 is 23.9 Å². The van der Waals surface area contributed by atoms with Crippen LogP contribution < -0.4 is 16.2 Å². The minimum atomic E-state index is -0.667. The van der Waals surface area contributed by atoms with Crippen LogP contribution in [0.15, 0.2) is 30.3 Å². The summed E-state index contributed by atoms with van der Waals surface area (Å²) >= 11 is 0. The van der Waals surface area contributed by atoms with Crippen molar-refractivity contribution in [2.24, 2.45) is 0 Å². The Balaban J connectivity index is 1.57. The fourth-order valence-electron chi connectivity index (χ4n) is 2.80. The summed E-state index contributed by atoms with van der Waals surface area (Å²) in [5.41, 5.74) is 4.77. The van der Waals surface area contributed by atoms with Gasteiger partial charge in [0.1, 0.15) is 0 Å². The van der Waals surface area contributed by atoms with Gasteiger partial charge in [0, 0.05) is 18.0 Å². The van der Waals surface area contributed by atoms with Gasteiger partial charge in [0.25, 0.3) is 11.8 Å². The maximum atomic E-state index is 11.8. The fourth-order valence-corrected chi connectivity index (χ4v) is 2.80. The van der Waals surface area contributed by atoms with Gasteiger partial charge in [-0.15, -0.1) is 0 Å². The van der Waals surface area contributed by atoms with E-state index in [9.17, 15) is 19.2 Å². The molecule has 0 radical (unpaired) electrons. The number of hydrogen-bond donors (Lipinski definition) is 3. The normalized spacial score (nSPS) is 14.1. The Hall–Kier alpha value is -2.90. The molecule has 0 aromatic heterocycles. The first-order valence-corrected chi connectivity index (χ1v) is 9.14. The molecule has 8 nitrogen and oxygen atoms in total. The number of hydrogen-bond acceptors (Lipinski definition) is 5. The van der Waals surface area contributed by atoms with Crippen molar-refractivity contribution >= 4 is 23.7 Å². The monoisotopic (exact) mass is 375 g/mol. The molecule has 8 heteroatoms. The lowest BCUT2D eigenvalue weighted by Gasteiger charge is -2.22. The Morgan fingerprint density at radius 1 is 0.889 bits per heavy atom. The summed E-state index contributed by atoms with van der Waals surface area (Å²) < 4.78 is 4.80. The number of ether oxygens (including phenoxy) is 1. The molecular formula is C19H25N3O5. The van der Waals surface area contributed by atoms with Crippen molar-refractivity contribution in [1.29, 1.82) is 0 Å². The Kier molecular flexibility index (Phi) is 8.28. The number of esters is 1. The third-order valence-electron chi connectivity index (χ3n) is 4.24. The molecule has 0 spiro atoms. The average molecular weight is 375 g/mol. The zero-order valence-corrected chi connectivity index (χ0v) is 15.2. The molecule has 1 aliphatic rings. The minimum absolute atomic E-state index is 0.0295. The Morgan fingerprint density at radius 3 is 2.30 bits per heavy atom. The van der Waals surface area contributed by atoms with Crippen LogP contribution in [0, 0.1) is 0 Å². The highest BCUT2D eigenvalue weighted by Crippen LogP contribution is 2.17. The van der Waals surface area contributed by atoms with Gasteiger partial charge >= 0.3 is 5.97 Å². The third kappa shape index (κ3) is 7.89. The first kappa shape index (κ1) is 20.4. The van der Waals surface area contributed by atoms with Crippen LogP contribution in [0.1, 0.15) is 55.3 Å². The van der Waals surface area contributed by atoms with Crippen molar-refractivity contribution in [3.63, 3.8) is 0 Å². The summed E-state index contributed by atoms with van der Waals surface area (Å²) in [5.74, 6) is -1.97. The first-order chi connectivity index (χ1) is 13.0. The van der Waals surface area contributed by atoms with Gasteiger partial charge in [-0.1, -0.05) is 37.5 Å². The summed E-state index contributed by atoms with van der Waals surface area (Å²) in [4.78, 5) is 46.8. The second-order valence-electron chi connectivity index (χ2n) is 6.43. The number of rotatable bonds is 7. The maximum Gasteiger partial charge on any atom is 0.306 e. The molecule has 1 aromatic carbocycles. The molecule has 3 N–H and O–H groups in total. The molecule has 1 saturated carbocycles. The van der Waals surface area contributed by atoms with E-state index in [1.165, 1.54) is 6.42 Å². The molecule has 1 aliphatic carbocycles. The van der Waals surface area contributed by atoms with Gasteiger partial charge in [0.15, 0.2) is 6.61 Å². The van der Waals surface area contributed by atoms with E-state index in [1.54, 1.807) is 30.3 Å². The first-order valence-electron chi connectivity index (χ1n) is 9.14. The van der Waals surface area contributed by atoms with E-state index in [2.05, 4.69) is 16.2 Å². The van der Waals surface area contributed by atoms with Gasteiger partial charge in [-0.3, -0.25) is 30.0 Å². The van der Waals surface area contributed by atoms with Crippen LogP contribution in [0.5, 0.6) is 0 Å². The van der Waals surface area contributed by atoms with Crippen molar-refractivity contribution in [2.75, 3.05) is 6.61 Å². The zero-order valence-electron chi connectivity index (χ0n) is 15.2. The van der Waals surface area contributed by atoms with Crippen LogP contribution in [-0.4, -0.2) is 36.3 Å². The summed E-state index contributed by atoms with van der Waals surface area (Å²) in [5, 5.41) is 2.91. The molecule has 0 bridgehead atoms. The van der Waals surface area contributed by atoms with Crippen LogP contribution in [0.2, 0.25) is 0 Å².